The Kier molecular flexibility index (Phi) is 8.82. The summed E-state index contributed by atoms with van der Waals surface area (Å²) in [6.07, 6.45) is 0. The molecule has 11 heteroatoms. The number of benzene rings is 2. The van der Waals surface area contributed by atoms with E-state index in [1.165, 1.54) is 30.0 Å². The molecule has 0 aliphatic carbocycles. The molecule has 2 heterocycles. The molecule has 0 fully saturated rings. The van der Waals surface area contributed by atoms with Gasteiger partial charge in [0.2, 0.25) is 0 Å². The van der Waals surface area contributed by atoms with Gasteiger partial charge in [0.1, 0.15) is 52.5 Å². The molecular formula is C27H20ClN5O3S2. The third-order valence-electron chi connectivity index (χ3n) is 5.22. The Balaban J connectivity index is 1.56. The number of hydrogen-bond donors (Lipinski definition) is 1. The van der Waals surface area contributed by atoms with Gasteiger partial charge in [0.25, 0.3) is 0 Å². The molecule has 0 atom stereocenters. The number of nitrogens with zero attached hydrogens (tertiary/aromatic N) is 4. The van der Waals surface area contributed by atoms with Crippen molar-refractivity contribution < 1.29 is 14.3 Å². The number of carbonyl (C=O) groups excluding carboxylic acids is 1. The average Bonchev–Trinajstić information content (AvgIpc) is 3.39. The van der Waals surface area contributed by atoms with Gasteiger partial charge in [-0.1, -0.05) is 47.6 Å². The van der Waals surface area contributed by atoms with Crippen LogP contribution < -0.4 is 10.5 Å². The number of carbonyl (C=O) groups is 1. The second-order valence-electron chi connectivity index (χ2n) is 7.80. The number of nitrogen functional groups attached to an aromatic ring is 1. The smallest absolute Gasteiger partial charge is 0.302 e. The fourth-order valence-corrected chi connectivity index (χ4v) is 5.44. The fraction of sp³-hybridized carbons (Fsp3) is 0.148. The molecule has 0 bridgehead atoms. The second-order valence-corrected chi connectivity index (χ2v) is 10.1. The number of halogens is 1. The molecule has 2 aromatic heterocycles. The van der Waals surface area contributed by atoms with E-state index in [0.717, 1.165) is 16.3 Å². The molecule has 0 radical (unpaired) electrons. The molecule has 2 aromatic carbocycles. The van der Waals surface area contributed by atoms with Crippen LogP contribution >= 0.6 is 34.7 Å². The van der Waals surface area contributed by atoms with Gasteiger partial charge >= 0.3 is 5.97 Å². The Morgan fingerprint density at radius 2 is 1.71 bits per heavy atom. The van der Waals surface area contributed by atoms with Gasteiger partial charge in [-0.3, -0.25) is 4.79 Å². The van der Waals surface area contributed by atoms with Gasteiger partial charge < -0.3 is 15.2 Å². The summed E-state index contributed by atoms with van der Waals surface area (Å²) in [6.45, 7) is 1.66. The van der Waals surface area contributed by atoms with Crippen molar-refractivity contribution in [3.8, 4) is 39.6 Å². The number of hydrogen-bond acceptors (Lipinski definition) is 10. The lowest BCUT2D eigenvalue weighted by molar-refractivity contribution is -0.141. The van der Waals surface area contributed by atoms with E-state index in [1.807, 2.05) is 29.6 Å². The zero-order chi connectivity index (χ0) is 27.1. The molecule has 0 aliphatic heterocycles. The van der Waals surface area contributed by atoms with E-state index in [1.54, 1.807) is 24.3 Å². The number of aromatic nitrogens is 2. The van der Waals surface area contributed by atoms with E-state index in [-0.39, 0.29) is 36.1 Å². The summed E-state index contributed by atoms with van der Waals surface area (Å²) in [5.41, 5.74) is 9.37. The van der Waals surface area contributed by atoms with E-state index in [9.17, 15) is 15.3 Å². The zero-order valence-electron chi connectivity index (χ0n) is 20.1. The quantitative estimate of drug-likeness (QED) is 0.146. The lowest BCUT2D eigenvalue weighted by Crippen LogP contribution is -2.09. The first-order valence-corrected chi connectivity index (χ1v) is 13.5. The van der Waals surface area contributed by atoms with Crippen molar-refractivity contribution in [1.82, 2.24) is 9.97 Å². The molecule has 38 heavy (non-hydrogen) atoms. The maximum Gasteiger partial charge on any atom is 0.302 e. The van der Waals surface area contributed by atoms with Crippen LogP contribution in [0, 0.1) is 22.7 Å². The molecule has 2 N–H and O–H groups in total. The summed E-state index contributed by atoms with van der Waals surface area (Å²) in [4.78, 5) is 19.9. The molecule has 190 valence electrons. The Morgan fingerprint density at radius 3 is 2.37 bits per heavy atom. The maximum absolute atomic E-state index is 10.9. The minimum Gasteiger partial charge on any atom is -0.490 e. The summed E-state index contributed by atoms with van der Waals surface area (Å²) in [6, 6.07) is 18.7. The zero-order valence-corrected chi connectivity index (χ0v) is 22.5. The molecule has 0 aliphatic rings. The number of nitrogens with two attached hydrogens (primary N) is 1. The van der Waals surface area contributed by atoms with Crippen LogP contribution in [0.4, 0.5) is 5.82 Å². The van der Waals surface area contributed by atoms with E-state index in [4.69, 9.17) is 26.8 Å². The number of thiazole rings is 1. The largest absolute Gasteiger partial charge is 0.490 e. The van der Waals surface area contributed by atoms with Crippen molar-refractivity contribution in [3.05, 3.63) is 75.8 Å². The summed E-state index contributed by atoms with van der Waals surface area (Å²) in [5, 5.41) is 23.7. The number of pyridine rings is 1. The first kappa shape index (κ1) is 27.0. The van der Waals surface area contributed by atoms with Crippen LogP contribution in [0.2, 0.25) is 5.02 Å². The van der Waals surface area contributed by atoms with Gasteiger partial charge in [-0.2, -0.15) is 10.5 Å². The highest BCUT2D eigenvalue weighted by Crippen LogP contribution is 2.37. The van der Waals surface area contributed by atoms with Crippen LogP contribution in [0.1, 0.15) is 23.7 Å². The predicted octanol–water partition coefficient (Wildman–Crippen LogP) is 6.09. The van der Waals surface area contributed by atoms with E-state index >= 15 is 0 Å². The number of ether oxygens (including phenoxy) is 2. The monoisotopic (exact) mass is 561 g/mol. The van der Waals surface area contributed by atoms with Crippen molar-refractivity contribution in [2.24, 2.45) is 0 Å². The van der Waals surface area contributed by atoms with Crippen molar-refractivity contribution >= 4 is 46.5 Å². The number of anilines is 1. The molecule has 4 rings (SSSR count). The van der Waals surface area contributed by atoms with Crippen LogP contribution in [0.25, 0.3) is 21.7 Å². The maximum atomic E-state index is 10.9. The fourth-order valence-electron chi connectivity index (χ4n) is 3.49. The summed E-state index contributed by atoms with van der Waals surface area (Å²) < 4.78 is 10.4. The Hall–Kier alpha value is -4.09. The standard InChI is InChI=1S/C27H20ClN5O3S2/c1-16(34)35-10-11-36-21-8-4-17(5-9-21)24-22(12-29)25(31)33-27(23(24)13-30)38-15-20-14-37-26(32-20)18-2-6-19(28)7-3-18/h2-9,14H,10-11,15H2,1H3,(H2,31,33). The number of rotatable bonds is 9. The number of esters is 1. The predicted molar refractivity (Wildman–Crippen MR) is 148 cm³/mol. The highest BCUT2D eigenvalue weighted by molar-refractivity contribution is 7.98. The van der Waals surface area contributed by atoms with Crippen LogP contribution in [0.15, 0.2) is 58.9 Å². The molecular weight excluding hydrogens is 542 g/mol. The summed E-state index contributed by atoms with van der Waals surface area (Å²) in [5.74, 6) is 0.684. The van der Waals surface area contributed by atoms with Crippen molar-refractivity contribution in [1.29, 1.82) is 10.5 Å². The normalized spacial score (nSPS) is 10.4. The number of nitriles is 2. The second kappa shape index (κ2) is 12.4. The topological polar surface area (TPSA) is 135 Å². The average molecular weight is 562 g/mol. The molecule has 0 saturated carbocycles. The Bertz CT molecular complexity index is 1540. The SMILES string of the molecule is CC(=O)OCCOc1ccc(-c2c(C#N)c(N)nc(SCc3csc(-c4ccc(Cl)cc4)n3)c2C#N)cc1. The third-order valence-corrected chi connectivity index (χ3v) is 7.42. The van der Waals surface area contributed by atoms with Crippen LogP contribution in [0.5, 0.6) is 5.75 Å². The molecule has 0 saturated heterocycles. The lowest BCUT2D eigenvalue weighted by atomic mass is 9.97. The number of thioether (sulfide) groups is 1. The van der Waals surface area contributed by atoms with Gasteiger partial charge in [0.15, 0.2) is 0 Å². The third kappa shape index (κ3) is 6.42. The molecule has 0 unspecified atom stereocenters. The van der Waals surface area contributed by atoms with Gasteiger partial charge in [-0.25, -0.2) is 9.97 Å². The van der Waals surface area contributed by atoms with Crippen LogP contribution in [-0.2, 0) is 15.3 Å². The molecule has 0 amide bonds. The first-order chi connectivity index (χ1) is 18.4. The lowest BCUT2D eigenvalue weighted by Gasteiger charge is -2.13. The van der Waals surface area contributed by atoms with Crippen molar-refractivity contribution in [2.45, 2.75) is 17.7 Å². The first-order valence-electron chi connectivity index (χ1n) is 11.2. The molecule has 4 aromatic rings. The van der Waals surface area contributed by atoms with Gasteiger partial charge in [-0.05, 0) is 29.8 Å². The van der Waals surface area contributed by atoms with Gasteiger partial charge in [-0.15, -0.1) is 11.3 Å². The Morgan fingerprint density at radius 1 is 1.03 bits per heavy atom. The van der Waals surface area contributed by atoms with Crippen LogP contribution in [-0.4, -0.2) is 29.2 Å². The van der Waals surface area contributed by atoms with Gasteiger partial charge in [0, 0.05) is 34.2 Å². The summed E-state index contributed by atoms with van der Waals surface area (Å²) >= 11 is 8.83. The highest BCUT2D eigenvalue weighted by atomic mass is 35.5. The van der Waals surface area contributed by atoms with E-state index in [0.29, 0.717) is 32.7 Å². The summed E-state index contributed by atoms with van der Waals surface area (Å²) in [7, 11) is 0. The molecule has 0 spiro atoms. The van der Waals surface area contributed by atoms with Crippen molar-refractivity contribution in [3.63, 3.8) is 0 Å². The van der Waals surface area contributed by atoms with E-state index in [2.05, 4.69) is 22.1 Å². The minimum atomic E-state index is -0.377. The highest BCUT2D eigenvalue weighted by Gasteiger charge is 2.21. The van der Waals surface area contributed by atoms with E-state index < -0.39 is 0 Å². The minimum absolute atomic E-state index is 0.0471. The van der Waals surface area contributed by atoms with Crippen molar-refractivity contribution in [2.75, 3.05) is 18.9 Å². The van der Waals surface area contributed by atoms with Gasteiger partial charge in [0.05, 0.1) is 11.3 Å². The molecule has 8 nitrogen and oxygen atoms in total. The Labute approximate surface area is 232 Å². The van der Waals surface area contributed by atoms with Crippen LogP contribution in [0.3, 0.4) is 0 Å².